The third-order valence-electron chi connectivity index (χ3n) is 10.4. The first kappa shape index (κ1) is 27.9. The second-order valence-corrected chi connectivity index (χ2v) is 15.0. The van der Waals surface area contributed by atoms with Gasteiger partial charge in [0.2, 0.25) is 0 Å². The molecule has 0 N–H and O–H groups in total. The third kappa shape index (κ3) is 7.91. The van der Waals surface area contributed by atoms with Gasteiger partial charge in [0.1, 0.15) is 0 Å². The van der Waals surface area contributed by atoms with Crippen LogP contribution in [-0.2, 0) is 4.74 Å². The number of nitrogens with zero attached hydrogens (tertiary/aromatic N) is 3. The van der Waals surface area contributed by atoms with Crippen molar-refractivity contribution in [2.45, 2.75) is 118 Å². The van der Waals surface area contributed by atoms with Gasteiger partial charge in [0.05, 0.1) is 12.2 Å². The molecule has 1 atom stereocenters. The molecular weight excluding hydrogens is 430 g/mol. The van der Waals surface area contributed by atoms with Gasteiger partial charge in [-0.25, -0.2) is 0 Å². The molecule has 1 aliphatic carbocycles. The fourth-order valence-corrected chi connectivity index (χ4v) is 7.41. The SMILES string of the molecule is C[C@H](C1CCN(CC2CC(CN3CCC(OC4CCN(C(C)(C)C)CC4)CC3)C2)CC1)C(C)(C)C. The molecule has 4 nitrogen and oxygen atoms in total. The zero-order valence-corrected chi connectivity index (χ0v) is 24.5. The molecule has 0 aromatic carbocycles. The van der Waals surface area contributed by atoms with Gasteiger partial charge in [-0.1, -0.05) is 27.7 Å². The predicted molar refractivity (Wildman–Crippen MR) is 149 cm³/mol. The number of rotatable bonds is 7. The molecule has 0 bridgehead atoms. The van der Waals surface area contributed by atoms with E-state index in [1.807, 2.05) is 0 Å². The van der Waals surface area contributed by atoms with Crippen molar-refractivity contribution in [2.24, 2.45) is 29.1 Å². The smallest absolute Gasteiger partial charge is 0.0603 e. The molecule has 3 heterocycles. The van der Waals surface area contributed by atoms with Crippen molar-refractivity contribution in [1.29, 1.82) is 0 Å². The van der Waals surface area contributed by atoms with Crippen molar-refractivity contribution < 1.29 is 4.74 Å². The van der Waals surface area contributed by atoms with Gasteiger partial charge >= 0.3 is 0 Å². The molecule has 0 aromatic rings. The summed E-state index contributed by atoms with van der Waals surface area (Å²) in [7, 11) is 0. The number of ether oxygens (including phenoxy) is 1. The van der Waals surface area contributed by atoms with E-state index in [1.165, 1.54) is 104 Å². The van der Waals surface area contributed by atoms with Gasteiger partial charge in [-0.15, -0.1) is 0 Å². The normalized spacial score (nSPS) is 30.9. The molecule has 4 heteroatoms. The highest BCUT2D eigenvalue weighted by atomic mass is 16.5. The summed E-state index contributed by atoms with van der Waals surface area (Å²) in [5, 5.41) is 0. The lowest BCUT2D eigenvalue weighted by Crippen LogP contribution is -2.49. The molecule has 0 unspecified atom stereocenters. The average Bonchev–Trinajstić information content (AvgIpc) is 2.78. The summed E-state index contributed by atoms with van der Waals surface area (Å²) < 4.78 is 6.57. The molecule has 0 radical (unpaired) electrons. The minimum Gasteiger partial charge on any atom is -0.375 e. The number of hydrogen-bond donors (Lipinski definition) is 0. The van der Waals surface area contributed by atoms with Crippen LogP contribution in [0.4, 0.5) is 0 Å². The van der Waals surface area contributed by atoms with Crippen LogP contribution in [0.3, 0.4) is 0 Å². The molecule has 0 spiro atoms. The molecule has 1 saturated carbocycles. The molecule has 4 aliphatic rings. The molecule has 35 heavy (non-hydrogen) atoms. The predicted octanol–water partition coefficient (Wildman–Crippen LogP) is 6.15. The van der Waals surface area contributed by atoms with E-state index in [2.05, 4.69) is 63.2 Å². The Hall–Kier alpha value is -0.160. The van der Waals surface area contributed by atoms with Crippen LogP contribution in [0.5, 0.6) is 0 Å². The fourth-order valence-electron chi connectivity index (χ4n) is 7.41. The second kappa shape index (κ2) is 11.7. The summed E-state index contributed by atoms with van der Waals surface area (Å²) in [4.78, 5) is 8.17. The van der Waals surface area contributed by atoms with Gasteiger partial charge in [0, 0.05) is 44.8 Å². The van der Waals surface area contributed by atoms with E-state index >= 15 is 0 Å². The molecular formula is C31H59N3O. The Morgan fingerprint density at radius 1 is 0.657 bits per heavy atom. The lowest BCUT2D eigenvalue weighted by atomic mass is 9.70. The zero-order valence-electron chi connectivity index (χ0n) is 24.5. The molecule has 3 saturated heterocycles. The van der Waals surface area contributed by atoms with Gasteiger partial charge < -0.3 is 14.5 Å². The van der Waals surface area contributed by atoms with Crippen LogP contribution < -0.4 is 0 Å². The van der Waals surface area contributed by atoms with Gasteiger partial charge in [-0.05, 0) is 114 Å². The Morgan fingerprint density at radius 3 is 1.51 bits per heavy atom. The van der Waals surface area contributed by atoms with Crippen LogP contribution in [0, 0.1) is 29.1 Å². The van der Waals surface area contributed by atoms with Gasteiger partial charge in [-0.2, -0.15) is 0 Å². The summed E-state index contributed by atoms with van der Waals surface area (Å²) in [5.41, 5.74) is 0.761. The van der Waals surface area contributed by atoms with Crippen LogP contribution in [-0.4, -0.2) is 84.8 Å². The maximum absolute atomic E-state index is 6.57. The summed E-state index contributed by atoms with van der Waals surface area (Å²) in [6.07, 6.45) is 11.7. The van der Waals surface area contributed by atoms with E-state index < -0.39 is 0 Å². The van der Waals surface area contributed by atoms with Crippen LogP contribution in [0.15, 0.2) is 0 Å². The first-order valence-electron chi connectivity index (χ1n) is 15.3. The standard InChI is InChI=1S/C31H59N3O/c1-24(30(2,3)4)27-8-14-32(15-9-27)22-25-20-26(21-25)23-33-16-10-28(11-17-33)35-29-12-18-34(19-13-29)31(5,6)7/h24-29H,8-23H2,1-7H3/t24-,25?,26?/m1/s1. The van der Waals surface area contributed by atoms with E-state index in [1.54, 1.807) is 0 Å². The second-order valence-electron chi connectivity index (χ2n) is 15.0. The van der Waals surface area contributed by atoms with Crippen molar-refractivity contribution in [3.63, 3.8) is 0 Å². The highest BCUT2D eigenvalue weighted by Crippen LogP contribution is 2.39. The number of piperidine rings is 3. The molecule has 4 rings (SSSR count). The Balaban J connectivity index is 1.05. The molecule has 3 aliphatic heterocycles. The van der Waals surface area contributed by atoms with E-state index in [0.717, 1.165) is 23.7 Å². The number of hydrogen-bond acceptors (Lipinski definition) is 4. The topological polar surface area (TPSA) is 19.0 Å². The van der Waals surface area contributed by atoms with Gasteiger partial charge in [0.25, 0.3) is 0 Å². The van der Waals surface area contributed by atoms with Crippen LogP contribution in [0.25, 0.3) is 0 Å². The summed E-state index contributed by atoms with van der Waals surface area (Å²) in [6.45, 7) is 27.1. The third-order valence-corrected chi connectivity index (χ3v) is 10.4. The average molecular weight is 490 g/mol. The maximum atomic E-state index is 6.57. The van der Waals surface area contributed by atoms with Crippen molar-refractivity contribution in [3.8, 4) is 0 Å². The van der Waals surface area contributed by atoms with Crippen LogP contribution in [0.1, 0.15) is 99.8 Å². The zero-order chi connectivity index (χ0) is 25.2. The minimum absolute atomic E-state index is 0.304. The maximum Gasteiger partial charge on any atom is 0.0603 e. The highest BCUT2D eigenvalue weighted by molar-refractivity contribution is 4.88. The van der Waals surface area contributed by atoms with E-state index in [9.17, 15) is 0 Å². The summed E-state index contributed by atoms with van der Waals surface area (Å²) in [5.74, 6) is 3.70. The Kier molecular flexibility index (Phi) is 9.32. The lowest BCUT2D eigenvalue weighted by molar-refractivity contribution is -0.0753. The van der Waals surface area contributed by atoms with Gasteiger partial charge in [0.15, 0.2) is 0 Å². The van der Waals surface area contributed by atoms with E-state index in [0.29, 0.717) is 23.2 Å². The molecule has 4 fully saturated rings. The minimum atomic E-state index is 0.304. The van der Waals surface area contributed by atoms with Crippen LogP contribution in [0.2, 0.25) is 0 Å². The van der Waals surface area contributed by atoms with E-state index in [-0.39, 0.29) is 0 Å². The van der Waals surface area contributed by atoms with Crippen molar-refractivity contribution in [3.05, 3.63) is 0 Å². The monoisotopic (exact) mass is 489 g/mol. The Labute approximate surface area is 218 Å². The molecule has 204 valence electrons. The van der Waals surface area contributed by atoms with Crippen molar-refractivity contribution in [1.82, 2.24) is 14.7 Å². The quantitative estimate of drug-likeness (QED) is 0.427. The Morgan fingerprint density at radius 2 is 1.09 bits per heavy atom. The highest BCUT2D eigenvalue weighted by Gasteiger charge is 2.36. The largest absolute Gasteiger partial charge is 0.375 e. The first-order chi connectivity index (χ1) is 16.5. The first-order valence-corrected chi connectivity index (χ1v) is 15.3. The van der Waals surface area contributed by atoms with Crippen molar-refractivity contribution >= 4 is 0 Å². The lowest BCUT2D eigenvalue weighted by Gasteiger charge is -2.45. The Bertz CT molecular complexity index is 623. The van der Waals surface area contributed by atoms with Crippen LogP contribution >= 0.6 is 0 Å². The summed E-state index contributed by atoms with van der Waals surface area (Å²) >= 11 is 0. The fraction of sp³-hybridized carbons (Fsp3) is 1.00. The molecule has 0 amide bonds. The van der Waals surface area contributed by atoms with E-state index in [4.69, 9.17) is 4.74 Å². The van der Waals surface area contributed by atoms with Crippen molar-refractivity contribution in [2.75, 3.05) is 52.4 Å². The van der Waals surface area contributed by atoms with Gasteiger partial charge in [-0.3, -0.25) is 4.90 Å². The number of likely N-dealkylation sites (tertiary alicyclic amines) is 3. The molecule has 0 aromatic heterocycles. The summed E-state index contributed by atoms with van der Waals surface area (Å²) in [6, 6.07) is 0.